The van der Waals surface area contributed by atoms with E-state index in [9.17, 15) is 9.59 Å². The predicted molar refractivity (Wildman–Crippen MR) is 136 cm³/mol. The van der Waals surface area contributed by atoms with Crippen LogP contribution >= 0.6 is 0 Å². The number of para-hydroxylation sites is 2. The number of hydrogen-bond acceptors (Lipinski definition) is 5. The fraction of sp³-hybridized carbons (Fsp3) is 0.357. The van der Waals surface area contributed by atoms with Crippen LogP contribution in [-0.4, -0.2) is 44.7 Å². The van der Waals surface area contributed by atoms with Gasteiger partial charge in [-0.2, -0.15) is 0 Å². The van der Waals surface area contributed by atoms with Crippen molar-refractivity contribution in [2.45, 2.75) is 44.3 Å². The fourth-order valence-electron chi connectivity index (χ4n) is 4.62. The molecule has 2 aliphatic rings. The summed E-state index contributed by atoms with van der Waals surface area (Å²) in [7, 11) is 3.35. The molecule has 0 bridgehead atoms. The number of amides is 2. The molecule has 2 atom stereocenters. The third kappa shape index (κ3) is 4.56. The van der Waals surface area contributed by atoms with Gasteiger partial charge in [0.2, 0.25) is 5.91 Å². The number of nitrogens with one attached hydrogen (secondary N) is 2. The average molecular weight is 474 g/mol. The maximum absolute atomic E-state index is 13.8. The molecule has 5 rings (SSSR count). The minimum absolute atomic E-state index is 0.0615. The number of anilines is 1. The highest BCUT2D eigenvalue weighted by molar-refractivity contribution is 6.02. The summed E-state index contributed by atoms with van der Waals surface area (Å²) in [5.74, 6) is 1.51. The summed E-state index contributed by atoms with van der Waals surface area (Å²) in [5, 5.41) is 7.94. The number of rotatable bonds is 7. The molecular formula is C28H31N3O4. The van der Waals surface area contributed by atoms with Gasteiger partial charge >= 0.3 is 0 Å². The quantitative estimate of drug-likeness (QED) is 0.547. The number of hydrogen-bond donors (Lipinski definition) is 2. The van der Waals surface area contributed by atoms with Gasteiger partial charge in [-0.1, -0.05) is 36.4 Å². The monoisotopic (exact) mass is 473 g/mol. The van der Waals surface area contributed by atoms with Crippen LogP contribution in [0.25, 0.3) is 10.8 Å². The number of carbonyl (C=O) groups excluding carboxylic acids is 2. The molecule has 2 N–H and O–H groups in total. The van der Waals surface area contributed by atoms with Crippen LogP contribution in [0, 0.1) is 0 Å². The molecule has 2 amide bonds. The minimum Gasteiger partial charge on any atom is -0.496 e. The molecule has 182 valence electrons. The van der Waals surface area contributed by atoms with Crippen molar-refractivity contribution in [3.63, 3.8) is 0 Å². The summed E-state index contributed by atoms with van der Waals surface area (Å²) in [6.07, 6.45) is 2.49. The Morgan fingerprint density at radius 2 is 1.97 bits per heavy atom. The third-order valence-corrected chi connectivity index (χ3v) is 6.97. The van der Waals surface area contributed by atoms with Gasteiger partial charge in [-0.25, -0.2) is 0 Å². The summed E-state index contributed by atoms with van der Waals surface area (Å²) < 4.78 is 11.7. The first-order valence-corrected chi connectivity index (χ1v) is 12.1. The highest BCUT2D eigenvalue weighted by Gasteiger charge is 2.34. The van der Waals surface area contributed by atoms with E-state index in [4.69, 9.17) is 9.47 Å². The Bertz CT molecular complexity index is 1270. The van der Waals surface area contributed by atoms with Gasteiger partial charge < -0.3 is 25.0 Å². The Hall–Kier alpha value is -3.58. The number of likely N-dealkylation sites (N-methyl/N-ethyl adjacent to an activating group) is 1. The number of carbonyl (C=O) groups is 2. The Morgan fingerprint density at radius 1 is 1.17 bits per heavy atom. The highest BCUT2D eigenvalue weighted by atomic mass is 16.5. The Morgan fingerprint density at radius 3 is 2.71 bits per heavy atom. The van der Waals surface area contributed by atoms with Crippen molar-refractivity contribution in [2.75, 3.05) is 25.7 Å². The van der Waals surface area contributed by atoms with E-state index in [2.05, 4.69) is 34.9 Å². The lowest BCUT2D eigenvalue weighted by molar-refractivity contribution is -0.129. The second kappa shape index (κ2) is 9.58. The van der Waals surface area contributed by atoms with Gasteiger partial charge in [0, 0.05) is 5.56 Å². The van der Waals surface area contributed by atoms with Crippen molar-refractivity contribution in [1.82, 2.24) is 10.6 Å². The molecule has 7 heteroatoms. The molecule has 1 aliphatic heterocycles. The van der Waals surface area contributed by atoms with Gasteiger partial charge in [-0.15, -0.1) is 0 Å². The Balaban J connectivity index is 1.54. The zero-order valence-corrected chi connectivity index (χ0v) is 20.3. The van der Waals surface area contributed by atoms with Gasteiger partial charge in [0.05, 0.1) is 25.4 Å². The van der Waals surface area contributed by atoms with Gasteiger partial charge in [0.1, 0.15) is 24.1 Å². The predicted octanol–water partition coefficient (Wildman–Crippen LogP) is 3.74. The van der Waals surface area contributed by atoms with E-state index < -0.39 is 12.1 Å². The summed E-state index contributed by atoms with van der Waals surface area (Å²) in [6, 6.07) is 16.8. The molecule has 1 aliphatic carbocycles. The van der Waals surface area contributed by atoms with E-state index in [-0.39, 0.29) is 25.0 Å². The molecule has 1 saturated carbocycles. The molecule has 2 unspecified atom stereocenters. The zero-order valence-electron chi connectivity index (χ0n) is 20.3. The van der Waals surface area contributed by atoms with E-state index in [0.717, 1.165) is 22.1 Å². The maximum atomic E-state index is 13.8. The van der Waals surface area contributed by atoms with E-state index in [1.54, 1.807) is 26.0 Å². The van der Waals surface area contributed by atoms with Crippen LogP contribution in [0.5, 0.6) is 11.5 Å². The second-order valence-electron chi connectivity index (χ2n) is 9.28. The van der Waals surface area contributed by atoms with Gasteiger partial charge in [0.25, 0.3) is 5.91 Å². The van der Waals surface area contributed by atoms with Crippen LogP contribution in [0.15, 0.2) is 54.6 Å². The number of benzene rings is 3. The third-order valence-electron chi connectivity index (χ3n) is 6.97. The average Bonchev–Trinajstić information content (AvgIpc) is 3.74. The summed E-state index contributed by atoms with van der Waals surface area (Å²) in [5.41, 5.74) is 2.95. The van der Waals surface area contributed by atoms with Crippen LogP contribution in [0.3, 0.4) is 0 Å². The van der Waals surface area contributed by atoms with E-state index in [1.165, 1.54) is 18.4 Å². The second-order valence-corrected chi connectivity index (χ2v) is 9.28. The van der Waals surface area contributed by atoms with Crippen LogP contribution in [0.1, 0.15) is 36.8 Å². The van der Waals surface area contributed by atoms with Crippen molar-refractivity contribution in [2.24, 2.45) is 0 Å². The smallest absolute Gasteiger partial charge is 0.253 e. The SMILES string of the molecule is CNC(C)C(=O)NC1COc2ccccc2N(Cc2c(OC)ccc3cc(C4CC4)ccc23)C1=O. The lowest BCUT2D eigenvalue weighted by atomic mass is 9.98. The first-order chi connectivity index (χ1) is 17.0. The molecular weight excluding hydrogens is 442 g/mol. The van der Waals surface area contributed by atoms with Crippen molar-refractivity contribution in [3.05, 3.63) is 65.7 Å². The molecule has 3 aromatic carbocycles. The molecule has 0 spiro atoms. The molecule has 7 nitrogen and oxygen atoms in total. The summed E-state index contributed by atoms with van der Waals surface area (Å²) in [6.45, 7) is 2.10. The molecule has 3 aromatic rings. The Kier molecular flexibility index (Phi) is 6.34. The minimum atomic E-state index is -0.812. The topological polar surface area (TPSA) is 79.9 Å². The largest absolute Gasteiger partial charge is 0.496 e. The van der Waals surface area contributed by atoms with Crippen molar-refractivity contribution in [3.8, 4) is 11.5 Å². The normalized spacial score (nSPS) is 18.4. The molecule has 0 radical (unpaired) electrons. The molecule has 0 saturated heterocycles. The highest BCUT2D eigenvalue weighted by Crippen LogP contribution is 2.42. The number of fused-ring (bicyclic) bond motifs is 2. The van der Waals surface area contributed by atoms with Gasteiger partial charge in [-0.05, 0) is 67.3 Å². The van der Waals surface area contributed by atoms with E-state index in [0.29, 0.717) is 17.4 Å². The van der Waals surface area contributed by atoms with Crippen molar-refractivity contribution in [1.29, 1.82) is 0 Å². The molecule has 0 aromatic heterocycles. The number of nitrogens with zero attached hydrogens (tertiary/aromatic N) is 1. The molecule has 35 heavy (non-hydrogen) atoms. The van der Waals surface area contributed by atoms with E-state index >= 15 is 0 Å². The zero-order chi connectivity index (χ0) is 24.5. The number of ether oxygens (including phenoxy) is 2. The van der Waals surface area contributed by atoms with E-state index in [1.807, 2.05) is 30.3 Å². The van der Waals surface area contributed by atoms with Crippen LogP contribution in [0.4, 0.5) is 5.69 Å². The summed E-state index contributed by atoms with van der Waals surface area (Å²) in [4.78, 5) is 28.1. The summed E-state index contributed by atoms with van der Waals surface area (Å²) >= 11 is 0. The van der Waals surface area contributed by atoms with Crippen LogP contribution in [-0.2, 0) is 16.1 Å². The standard InChI is InChI=1S/C28H31N3O4/c1-17(29-2)27(32)30-23-16-35-26-7-5-4-6-24(26)31(28(23)33)15-22-21-12-10-19(18-8-9-18)14-20(21)11-13-25(22)34-3/h4-7,10-14,17-18,23,29H,8-9,15-16H2,1-3H3,(H,30,32). The van der Waals surface area contributed by atoms with Gasteiger partial charge in [-0.3, -0.25) is 9.59 Å². The lowest BCUT2D eigenvalue weighted by Gasteiger charge is -2.27. The van der Waals surface area contributed by atoms with Crippen LogP contribution < -0.4 is 25.0 Å². The first kappa shape index (κ1) is 23.2. The maximum Gasteiger partial charge on any atom is 0.253 e. The van der Waals surface area contributed by atoms with Gasteiger partial charge in [0.15, 0.2) is 0 Å². The Labute approximate surface area is 205 Å². The lowest BCUT2D eigenvalue weighted by Crippen LogP contribution is -2.53. The number of methoxy groups -OCH3 is 1. The van der Waals surface area contributed by atoms with Crippen molar-refractivity contribution >= 4 is 28.3 Å². The molecule has 1 heterocycles. The fourth-order valence-corrected chi connectivity index (χ4v) is 4.62. The van der Waals surface area contributed by atoms with Crippen LogP contribution in [0.2, 0.25) is 0 Å². The first-order valence-electron chi connectivity index (χ1n) is 12.1. The molecule has 1 fully saturated rings. The van der Waals surface area contributed by atoms with Crippen molar-refractivity contribution < 1.29 is 19.1 Å².